The van der Waals surface area contributed by atoms with Gasteiger partial charge in [0.25, 0.3) is 0 Å². The van der Waals surface area contributed by atoms with Crippen LogP contribution in [0.15, 0.2) is 24.3 Å². The lowest BCUT2D eigenvalue weighted by molar-refractivity contribution is 0.682. The highest BCUT2D eigenvalue weighted by molar-refractivity contribution is 7.29. The van der Waals surface area contributed by atoms with E-state index in [1.165, 1.54) is 73.1 Å². The van der Waals surface area contributed by atoms with Gasteiger partial charge >= 0.3 is 0 Å². The Morgan fingerprint density at radius 2 is 0.955 bits per heavy atom. The lowest BCUT2D eigenvalue weighted by atomic mass is 9.81. The predicted octanol–water partition coefficient (Wildman–Crippen LogP) is 4.11. The Balaban J connectivity index is 2.00. The molecule has 0 spiro atoms. The zero-order chi connectivity index (χ0) is 15.1. The van der Waals surface area contributed by atoms with Gasteiger partial charge in [-0.1, -0.05) is 24.3 Å². The number of aryl methyl sites for hydroxylation is 2. The number of fused-ring (bicyclic) bond motifs is 2. The third kappa shape index (κ3) is 2.46. The summed E-state index contributed by atoms with van der Waals surface area (Å²) >= 11 is 0. The summed E-state index contributed by atoms with van der Waals surface area (Å²) in [6.07, 6.45) is 10.4. The summed E-state index contributed by atoms with van der Waals surface area (Å²) in [7, 11) is 5.99. The van der Waals surface area contributed by atoms with Crippen molar-refractivity contribution in [1.82, 2.24) is 0 Å². The van der Waals surface area contributed by atoms with E-state index in [0.717, 1.165) is 0 Å². The van der Waals surface area contributed by atoms with Gasteiger partial charge in [0.15, 0.2) is 0 Å². The fraction of sp³-hybridized carbons (Fsp3) is 0.400. The van der Waals surface area contributed by atoms with Crippen molar-refractivity contribution in [1.29, 1.82) is 0 Å². The van der Waals surface area contributed by atoms with Gasteiger partial charge in [-0.2, -0.15) is 0 Å². The van der Waals surface area contributed by atoms with Gasteiger partial charge in [0.1, 0.15) is 0 Å². The van der Waals surface area contributed by atoms with E-state index in [0.29, 0.717) is 0 Å². The van der Waals surface area contributed by atoms with E-state index in [1.807, 2.05) is 0 Å². The van der Waals surface area contributed by atoms with Gasteiger partial charge in [-0.25, -0.2) is 0 Å². The van der Waals surface area contributed by atoms with Crippen LogP contribution in [0.25, 0.3) is 11.1 Å². The molecule has 0 N–H and O–H groups in total. The molecular weight excluding hydrogens is 302 g/mol. The summed E-state index contributed by atoms with van der Waals surface area (Å²) in [6, 6.07) is 9.35. The molecule has 0 aromatic heterocycles. The molecule has 0 saturated heterocycles. The van der Waals surface area contributed by atoms with E-state index in [-0.39, 0.29) is 0 Å². The molecule has 2 heteroatoms. The first-order valence-electron chi connectivity index (χ1n) is 8.56. The standard InChI is InChI=1S/C20H24P2/c21-17-11-9-13-5-1-3-7-15(13)19(17)20-16-8-4-2-6-14(16)10-12-18(20)22/h9-12H,1-8,21-22H2. The molecule has 22 heavy (non-hydrogen) atoms. The van der Waals surface area contributed by atoms with Crippen LogP contribution in [0, 0.1) is 0 Å². The van der Waals surface area contributed by atoms with Crippen LogP contribution in [0.2, 0.25) is 0 Å². The van der Waals surface area contributed by atoms with E-state index in [1.54, 1.807) is 22.3 Å². The highest BCUT2D eigenvalue weighted by atomic mass is 31.0. The zero-order valence-electron chi connectivity index (χ0n) is 13.1. The second-order valence-corrected chi connectivity index (χ2v) is 7.99. The summed E-state index contributed by atoms with van der Waals surface area (Å²) in [6.45, 7) is 0. The maximum Gasteiger partial charge on any atom is -0.00683 e. The van der Waals surface area contributed by atoms with Crippen molar-refractivity contribution in [2.75, 3.05) is 0 Å². The van der Waals surface area contributed by atoms with Crippen molar-refractivity contribution in [2.45, 2.75) is 51.4 Å². The number of hydrogen-bond donors (Lipinski definition) is 0. The fourth-order valence-corrected chi connectivity index (χ4v) is 5.11. The van der Waals surface area contributed by atoms with E-state index in [4.69, 9.17) is 0 Å². The van der Waals surface area contributed by atoms with Crippen LogP contribution >= 0.6 is 18.5 Å². The Hall–Kier alpha value is -0.700. The zero-order valence-corrected chi connectivity index (χ0v) is 15.4. The van der Waals surface area contributed by atoms with E-state index >= 15 is 0 Å². The molecule has 114 valence electrons. The van der Waals surface area contributed by atoms with Crippen molar-refractivity contribution in [3.63, 3.8) is 0 Å². The first kappa shape index (κ1) is 14.9. The molecule has 2 atom stereocenters. The molecule has 0 radical (unpaired) electrons. The Kier molecular flexibility index (Phi) is 4.10. The highest BCUT2D eigenvalue weighted by Crippen LogP contribution is 2.36. The van der Waals surface area contributed by atoms with Crippen LogP contribution in [0.5, 0.6) is 0 Å². The molecule has 2 unspecified atom stereocenters. The van der Waals surface area contributed by atoms with Crippen molar-refractivity contribution in [3.05, 3.63) is 46.5 Å². The average molecular weight is 326 g/mol. The minimum absolute atomic E-state index is 1.25. The summed E-state index contributed by atoms with van der Waals surface area (Å²) in [5.41, 5.74) is 9.50. The van der Waals surface area contributed by atoms with Gasteiger partial charge in [0.05, 0.1) is 0 Å². The summed E-state index contributed by atoms with van der Waals surface area (Å²) < 4.78 is 0. The Morgan fingerprint density at radius 3 is 1.41 bits per heavy atom. The highest BCUT2D eigenvalue weighted by Gasteiger charge is 2.22. The third-order valence-corrected chi connectivity index (χ3v) is 6.34. The van der Waals surface area contributed by atoms with E-state index in [9.17, 15) is 0 Å². The van der Waals surface area contributed by atoms with E-state index in [2.05, 4.69) is 42.7 Å². The van der Waals surface area contributed by atoms with Crippen molar-refractivity contribution in [2.24, 2.45) is 0 Å². The topological polar surface area (TPSA) is 0 Å². The van der Waals surface area contributed by atoms with Crippen LogP contribution in [0.1, 0.15) is 47.9 Å². The second-order valence-electron chi connectivity index (χ2n) is 6.75. The van der Waals surface area contributed by atoms with Crippen LogP contribution in [0.3, 0.4) is 0 Å². The van der Waals surface area contributed by atoms with Crippen molar-refractivity contribution < 1.29 is 0 Å². The van der Waals surface area contributed by atoms with Gasteiger partial charge in [-0.05, 0) is 95.4 Å². The molecule has 0 fully saturated rings. The molecular formula is C20H24P2. The molecule has 0 aliphatic heterocycles. The number of rotatable bonds is 1. The Morgan fingerprint density at radius 1 is 0.545 bits per heavy atom. The van der Waals surface area contributed by atoms with Gasteiger partial charge in [-0.15, -0.1) is 18.5 Å². The van der Waals surface area contributed by atoms with Crippen LogP contribution < -0.4 is 10.6 Å². The molecule has 0 heterocycles. The van der Waals surface area contributed by atoms with Crippen LogP contribution in [-0.4, -0.2) is 0 Å². The summed E-state index contributed by atoms with van der Waals surface area (Å²) in [5, 5.41) is 2.76. The van der Waals surface area contributed by atoms with E-state index < -0.39 is 0 Å². The molecule has 0 bridgehead atoms. The lowest BCUT2D eigenvalue weighted by Crippen LogP contribution is -2.17. The SMILES string of the molecule is Pc1ccc2c(c1-c1c(P)ccc3c1CCCC3)CCCC2. The Bertz CT molecular complexity index is 667. The molecule has 4 rings (SSSR count). The average Bonchev–Trinajstić information content (AvgIpc) is 2.56. The van der Waals surface area contributed by atoms with Crippen LogP contribution in [-0.2, 0) is 25.7 Å². The maximum absolute atomic E-state index is 3.00. The minimum atomic E-state index is 1.25. The first-order valence-corrected chi connectivity index (χ1v) is 9.72. The number of hydrogen-bond acceptors (Lipinski definition) is 0. The normalized spacial score (nSPS) is 17.0. The van der Waals surface area contributed by atoms with Gasteiger partial charge < -0.3 is 0 Å². The summed E-state index contributed by atoms with van der Waals surface area (Å²) in [5.74, 6) is 0. The van der Waals surface area contributed by atoms with Gasteiger partial charge in [0.2, 0.25) is 0 Å². The lowest BCUT2D eigenvalue weighted by Gasteiger charge is -2.27. The molecule has 0 nitrogen and oxygen atoms in total. The van der Waals surface area contributed by atoms with Gasteiger partial charge in [0, 0.05) is 0 Å². The van der Waals surface area contributed by atoms with Crippen LogP contribution in [0.4, 0.5) is 0 Å². The monoisotopic (exact) mass is 326 g/mol. The maximum atomic E-state index is 3.00. The third-order valence-electron chi connectivity index (χ3n) is 5.38. The second kappa shape index (κ2) is 6.07. The molecule has 0 amide bonds. The largest absolute Gasteiger partial charge is 0.105 e. The first-order chi connectivity index (χ1) is 10.8. The predicted molar refractivity (Wildman–Crippen MR) is 104 cm³/mol. The molecule has 0 saturated carbocycles. The molecule has 2 aliphatic carbocycles. The van der Waals surface area contributed by atoms with Crippen molar-refractivity contribution in [3.8, 4) is 11.1 Å². The van der Waals surface area contributed by atoms with Gasteiger partial charge in [-0.3, -0.25) is 0 Å². The minimum Gasteiger partial charge on any atom is -0.105 e. The summed E-state index contributed by atoms with van der Waals surface area (Å²) in [4.78, 5) is 0. The smallest absolute Gasteiger partial charge is 0.00683 e. The van der Waals surface area contributed by atoms with Crippen molar-refractivity contribution >= 4 is 29.1 Å². The number of benzene rings is 2. The fourth-order valence-electron chi connectivity index (χ4n) is 4.28. The molecule has 2 aliphatic rings. The quantitative estimate of drug-likeness (QED) is 0.692. The molecule has 2 aromatic carbocycles. The Labute approximate surface area is 138 Å². The molecule has 2 aromatic rings.